The van der Waals surface area contributed by atoms with Crippen molar-refractivity contribution in [1.29, 1.82) is 0 Å². The molecule has 1 aliphatic carbocycles. The molecular weight excluding hydrogens is 340 g/mol. The van der Waals surface area contributed by atoms with Gasteiger partial charge in [-0.05, 0) is 30.7 Å². The van der Waals surface area contributed by atoms with Crippen LogP contribution in [0.3, 0.4) is 0 Å². The number of carbonyl (C=O) groups is 1. The first-order valence-electron chi connectivity index (χ1n) is 6.76. The van der Waals surface area contributed by atoms with Crippen LogP contribution in [0.5, 0.6) is 0 Å². The fourth-order valence-electron chi connectivity index (χ4n) is 2.40. The molecule has 2 atom stereocenters. The summed E-state index contributed by atoms with van der Waals surface area (Å²) in [5.74, 6) is 1.07. The van der Waals surface area contributed by atoms with Gasteiger partial charge in [0.25, 0.3) is 0 Å². The highest BCUT2D eigenvalue weighted by molar-refractivity contribution is 7.20. The Hall–Kier alpha value is -1.63. The summed E-state index contributed by atoms with van der Waals surface area (Å²) in [7, 11) is 0. The lowest BCUT2D eigenvalue weighted by Gasteiger charge is -1.99. The average molecular weight is 351 g/mol. The SMILES string of the molecule is O=C(Nc1nc(-c2ccc(Cl)s2)cs1)[C@@H]1C[C@H]1c1ccco1. The zero-order valence-electron chi connectivity index (χ0n) is 11.3. The molecule has 1 amide bonds. The zero-order chi connectivity index (χ0) is 15.1. The lowest BCUT2D eigenvalue weighted by molar-refractivity contribution is -0.117. The van der Waals surface area contributed by atoms with E-state index in [0.717, 1.165) is 27.1 Å². The van der Waals surface area contributed by atoms with Crippen LogP contribution in [-0.4, -0.2) is 10.9 Å². The van der Waals surface area contributed by atoms with Gasteiger partial charge in [-0.2, -0.15) is 0 Å². The second-order valence-electron chi connectivity index (χ2n) is 5.10. The van der Waals surface area contributed by atoms with Gasteiger partial charge in [0.05, 0.1) is 21.2 Å². The van der Waals surface area contributed by atoms with Crippen molar-refractivity contribution < 1.29 is 9.21 Å². The largest absolute Gasteiger partial charge is 0.469 e. The van der Waals surface area contributed by atoms with Crippen molar-refractivity contribution in [2.75, 3.05) is 5.32 Å². The van der Waals surface area contributed by atoms with Gasteiger partial charge >= 0.3 is 0 Å². The number of hydrogen-bond acceptors (Lipinski definition) is 5. The molecule has 0 spiro atoms. The van der Waals surface area contributed by atoms with Gasteiger partial charge in [0.15, 0.2) is 5.13 Å². The molecule has 22 heavy (non-hydrogen) atoms. The van der Waals surface area contributed by atoms with E-state index in [9.17, 15) is 4.79 Å². The van der Waals surface area contributed by atoms with Crippen molar-refractivity contribution in [2.45, 2.75) is 12.3 Å². The summed E-state index contributed by atoms with van der Waals surface area (Å²) in [6.45, 7) is 0. The first-order chi connectivity index (χ1) is 10.7. The fraction of sp³-hybridized carbons (Fsp3) is 0.200. The Morgan fingerprint density at radius 1 is 1.41 bits per heavy atom. The minimum atomic E-state index is -0.0188. The number of amides is 1. The number of nitrogens with zero attached hydrogens (tertiary/aromatic N) is 1. The molecule has 1 aliphatic rings. The molecular formula is C15H11ClN2O2S2. The van der Waals surface area contributed by atoms with Crippen molar-refractivity contribution in [3.8, 4) is 10.6 Å². The number of aromatic nitrogens is 1. The lowest BCUT2D eigenvalue weighted by atomic mass is 10.2. The molecule has 0 aliphatic heterocycles. The van der Waals surface area contributed by atoms with Crippen molar-refractivity contribution in [3.63, 3.8) is 0 Å². The summed E-state index contributed by atoms with van der Waals surface area (Å²) < 4.78 is 6.08. The number of nitrogens with one attached hydrogen (secondary N) is 1. The van der Waals surface area contributed by atoms with Crippen LogP contribution in [-0.2, 0) is 4.79 Å². The molecule has 4 nitrogen and oxygen atoms in total. The third-order valence-corrected chi connectivity index (χ3v) is 5.61. The lowest BCUT2D eigenvalue weighted by Crippen LogP contribution is -2.14. The molecule has 0 bridgehead atoms. The number of hydrogen-bond donors (Lipinski definition) is 1. The molecule has 0 saturated heterocycles. The van der Waals surface area contributed by atoms with Gasteiger partial charge in [-0.1, -0.05) is 11.6 Å². The summed E-state index contributed by atoms with van der Waals surface area (Å²) in [4.78, 5) is 17.7. The van der Waals surface area contributed by atoms with Gasteiger partial charge in [0, 0.05) is 17.2 Å². The van der Waals surface area contributed by atoms with Crippen LogP contribution in [0.2, 0.25) is 4.34 Å². The highest BCUT2D eigenvalue weighted by Gasteiger charge is 2.46. The molecule has 0 radical (unpaired) electrons. The topological polar surface area (TPSA) is 55.1 Å². The van der Waals surface area contributed by atoms with Gasteiger partial charge in [-0.15, -0.1) is 22.7 Å². The number of furan rings is 1. The predicted octanol–water partition coefficient (Wildman–Crippen LogP) is 4.86. The summed E-state index contributed by atoms with van der Waals surface area (Å²) in [5, 5.41) is 5.44. The van der Waals surface area contributed by atoms with Crippen LogP contribution >= 0.6 is 34.3 Å². The van der Waals surface area contributed by atoms with Crippen molar-refractivity contribution >= 4 is 45.3 Å². The Kier molecular flexibility index (Phi) is 3.52. The summed E-state index contributed by atoms with van der Waals surface area (Å²) in [6, 6.07) is 7.54. The van der Waals surface area contributed by atoms with E-state index in [1.807, 2.05) is 29.6 Å². The predicted molar refractivity (Wildman–Crippen MR) is 88.6 cm³/mol. The van der Waals surface area contributed by atoms with E-state index in [2.05, 4.69) is 10.3 Å². The van der Waals surface area contributed by atoms with Crippen LogP contribution < -0.4 is 5.32 Å². The van der Waals surface area contributed by atoms with E-state index >= 15 is 0 Å². The van der Waals surface area contributed by atoms with E-state index in [4.69, 9.17) is 16.0 Å². The third-order valence-electron chi connectivity index (χ3n) is 3.60. The normalized spacial score (nSPS) is 20.0. The van der Waals surface area contributed by atoms with Crippen molar-refractivity contribution in [1.82, 2.24) is 4.98 Å². The van der Waals surface area contributed by atoms with Crippen LogP contribution in [0.25, 0.3) is 10.6 Å². The molecule has 3 heterocycles. The molecule has 112 valence electrons. The molecule has 3 aromatic heterocycles. The minimum Gasteiger partial charge on any atom is -0.469 e. The Balaban J connectivity index is 1.42. The van der Waals surface area contributed by atoms with Gasteiger partial charge < -0.3 is 9.73 Å². The fourth-order valence-corrected chi connectivity index (χ4v) is 4.19. The summed E-state index contributed by atoms with van der Waals surface area (Å²) in [6.07, 6.45) is 2.47. The van der Waals surface area contributed by atoms with Gasteiger partial charge in [0.2, 0.25) is 5.91 Å². The van der Waals surface area contributed by atoms with E-state index in [1.54, 1.807) is 6.26 Å². The molecule has 4 rings (SSSR count). The number of thiazole rings is 1. The molecule has 7 heteroatoms. The molecule has 0 unspecified atom stereocenters. The second kappa shape index (κ2) is 5.53. The molecule has 0 aromatic carbocycles. The summed E-state index contributed by atoms with van der Waals surface area (Å²) in [5.41, 5.74) is 0.843. The maximum atomic E-state index is 12.2. The number of thiophene rings is 1. The Bertz CT molecular complexity index is 809. The monoisotopic (exact) mass is 350 g/mol. The Labute approximate surface area is 139 Å². The van der Waals surface area contributed by atoms with Crippen LogP contribution in [0.4, 0.5) is 5.13 Å². The van der Waals surface area contributed by atoms with E-state index in [-0.39, 0.29) is 17.7 Å². The molecule has 3 aromatic rings. The maximum absolute atomic E-state index is 12.2. The Morgan fingerprint density at radius 2 is 2.32 bits per heavy atom. The van der Waals surface area contributed by atoms with Crippen LogP contribution in [0, 0.1) is 5.92 Å². The van der Waals surface area contributed by atoms with Crippen LogP contribution in [0.15, 0.2) is 40.3 Å². The van der Waals surface area contributed by atoms with Gasteiger partial charge in [-0.3, -0.25) is 4.79 Å². The third kappa shape index (κ3) is 2.69. The first kappa shape index (κ1) is 14.0. The standard InChI is InChI=1S/C15H11ClN2O2S2/c16-13-4-3-12(22-13)10-7-21-15(17-10)18-14(19)9-6-8(9)11-2-1-5-20-11/h1-5,7-9H,6H2,(H,17,18,19)/t8-,9-/m1/s1. The number of halogens is 1. The molecule has 1 fully saturated rings. The number of rotatable bonds is 4. The molecule has 1 N–H and O–H groups in total. The summed E-state index contributed by atoms with van der Waals surface area (Å²) >= 11 is 8.83. The number of anilines is 1. The smallest absolute Gasteiger partial charge is 0.230 e. The van der Waals surface area contributed by atoms with Crippen molar-refractivity contribution in [2.24, 2.45) is 5.92 Å². The maximum Gasteiger partial charge on any atom is 0.230 e. The van der Waals surface area contributed by atoms with E-state index in [1.165, 1.54) is 22.7 Å². The quantitative estimate of drug-likeness (QED) is 0.731. The van der Waals surface area contributed by atoms with E-state index in [0.29, 0.717) is 5.13 Å². The average Bonchev–Trinajstić information content (AvgIpc) is 2.94. The zero-order valence-corrected chi connectivity index (χ0v) is 13.7. The highest BCUT2D eigenvalue weighted by atomic mass is 35.5. The van der Waals surface area contributed by atoms with Crippen LogP contribution in [0.1, 0.15) is 18.1 Å². The van der Waals surface area contributed by atoms with E-state index < -0.39 is 0 Å². The Morgan fingerprint density at radius 3 is 3.05 bits per heavy atom. The minimum absolute atomic E-state index is 0.00603. The second-order valence-corrected chi connectivity index (χ2v) is 7.67. The van der Waals surface area contributed by atoms with Gasteiger partial charge in [-0.25, -0.2) is 4.98 Å². The molecule has 1 saturated carbocycles. The number of carbonyl (C=O) groups excluding carboxylic acids is 1. The van der Waals surface area contributed by atoms with Gasteiger partial charge in [0.1, 0.15) is 5.76 Å². The first-order valence-corrected chi connectivity index (χ1v) is 8.83. The highest BCUT2D eigenvalue weighted by Crippen LogP contribution is 2.48. The van der Waals surface area contributed by atoms with Crippen molar-refractivity contribution in [3.05, 3.63) is 46.0 Å².